The van der Waals surface area contributed by atoms with Crippen LogP contribution in [0.5, 0.6) is 0 Å². The molecule has 3 nitrogen and oxygen atoms in total. The first-order valence-electron chi connectivity index (χ1n) is 19.3. The van der Waals surface area contributed by atoms with Gasteiger partial charge in [0.2, 0.25) is 0 Å². The summed E-state index contributed by atoms with van der Waals surface area (Å²) in [7, 11) is 0. The van der Waals surface area contributed by atoms with Crippen LogP contribution >= 0.6 is 11.3 Å². The van der Waals surface area contributed by atoms with E-state index in [4.69, 9.17) is 0 Å². The monoisotopic (exact) mass is 719 g/mol. The Morgan fingerprint density at radius 2 is 1.25 bits per heavy atom. The molecule has 0 radical (unpaired) electrons. The SMILES string of the molecule is Cc1cc2c3c(c1)-n1c4c(cccc4c4sc5ccccc5c41)B3c1ccc(N(c3ccccc3)c3ccccc3)c3c4c(n-2c13)-c1ccccc1C4(C)C. The predicted octanol–water partition coefficient (Wildman–Crippen LogP) is 11.2. The number of nitrogens with zero attached hydrogens (tertiary/aromatic N) is 3. The van der Waals surface area contributed by atoms with Gasteiger partial charge in [0, 0.05) is 54.6 Å². The van der Waals surface area contributed by atoms with E-state index in [-0.39, 0.29) is 12.1 Å². The highest BCUT2D eigenvalue weighted by Crippen LogP contribution is 2.57. The summed E-state index contributed by atoms with van der Waals surface area (Å²) in [6.45, 7) is 7.26. The van der Waals surface area contributed by atoms with Crippen molar-refractivity contribution in [2.45, 2.75) is 26.2 Å². The number of fused-ring (bicyclic) bond motifs is 14. The van der Waals surface area contributed by atoms with E-state index in [0.717, 1.165) is 11.4 Å². The standard InChI is InChI=1S/C50H34BN3S/c1-29-27-39-44-40(28-29)54-46-32-19-10-12-22-35(32)50(2,3)43(46)42-38(52(30-15-6-4-7-16-30)31-17-8-5-9-18-31)26-25-37(48(42)54)51(44)36-23-14-21-34-45(36)53(39)47-33-20-11-13-24-41(33)55-49(34)47/h4-28H,1-3H3. The Morgan fingerprint density at radius 1 is 0.600 bits per heavy atom. The van der Waals surface area contributed by atoms with Crippen LogP contribution in [0, 0.1) is 6.92 Å². The Hall–Kier alpha value is -6.30. The molecule has 5 heteroatoms. The van der Waals surface area contributed by atoms with Gasteiger partial charge < -0.3 is 14.0 Å². The van der Waals surface area contributed by atoms with Gasteiger partial charge in [0.15, 0.2) is 0 Å². The fraction of sp³-hybridized carbons (Fsp3) is 0.0800. The van der Waals surface area contributed by atoms with E-state index in [1.54, 1.807) is 0 Å². The molecule has 0 atom stereocenters. The van der Waals surface area contributed by atoms with E-state index < -0.39 is 0 Å². The summed E-state index contributed by atoms with van der Waals surface area (Å²) in [6.07, 6.45) is 0. The molecule has 0 amide bonds. The molecular weight excluding hydrogens is 685 g/mol. The predicted molar refractivity (Wildman–Crippen MR) is 235 cm³/mol. The number of hydrogen-bond acceptors (Lipinski definition) is 2. The van der Waals surface area contributed by atoms with Gasteiger partial charge in [-0.1, -0.05) is 117 Å². The average Bonchev–Trinajstić information content (AvgIpc) is 3.93. The van der Waals surface area contributed by atoms with Gasteiger partial charge in [-0.25, -0.2) is 0 Å². The molecule has 10 aromatic rings. The highest BCUT2D eigenvalue weighted by molar-refractivity contribution is 7.26. The zero-order valence-electron chi connectivity index (χ0n) is 30.8. The van der Waals surface area contributed by atoms with E-state index >= 15 is 0 Å². The van der Waals surface area contributed by atoms with E-state index in [2.05, 4.69) is 186 Å². The third-order valence-electron chi connectivity index (χ3n) is 12.9. The first-order chi connectivity index (χ1) is 27.0. The van der Waals surface area contributed by atoms with Crippen molar-refractivity contribution < 1.29 is 0 Å². The number of benzene rings is 7. The number of aromatic nitrogens is 2. The van der Waals surface area contributed by atoms with Crippen molar-refractivity contribution in [1.29, 1.82) is 0 Å². The third kappa shape index (κ3) is 3.59. The Kier molecular flexibility index (Phi) is 5.61. The zero-order valence-corrected chi connectivity index (χ0v) is 31.6. The number of thiophene rings is 1. The molecular formula is C50H34BN3S. The van der Waals surface area contributed by atoms with Crippen LogP contribution in [0.3, 0.4) is 0 Å². The molecule has 1 aliphatic carbocycles. The van der Waals surface area contributed by atoms with Gasteiger partial charge in [0.05, 0.1) is 32.6 Å². The number of para-hydroxylation sites is 3. The molecule has 0 saturated heterocycles. The van der Waals surface area contributed by atoms with Crippen molar-refractivity contribution in [1.82, 2.24) is 9.13 Å². The summed E-state index contributed by atoms with van der Waals surface area (Å²) >= 11 is 1.93. The Bertz CT molecular complexity index is 3270. The Labute approximate surface area is 323 Å². The van der Waals surface area contributed by atoms with E-state index in [9.17, 15) is 0 Å². The molecule has 0 bridgehead atoms. The van der Waals surface area contributed by atoms with Gasteiger partial charge >= 0.3 is 0 Å². The van der Waals surface area contributed by atoms with Crippen molar-refractivity contribution in [3.8, 4) is 22.6 Å². The maximum atomic E-state index is 2.69. The maximum Gasteiger partial charge on any atom is 0.252 e. The molecule has 258 valence electrons. The van der Waals surface area contributed by atoms with Crippen LogP contribution in [0.15, 0.2) is 152 Å². The molecule has 0 saturated carbocycles. The molecule has 0 unspecified atom stereocenters. The zero-order chi connectivity index (χ0) is 36.3. The van der Waals surface area contributed by atoms with Crippen LogP contribution in [-0.2, 0) is 5.41 Å². The second-order valence-electron chi connectivity index (χ2n) is 16.1. The maximum absolute atomic E-state index is 2.69. The molecule has 0 fully saturated rings. The van der Waals surface area contributed by atoms with Crippen molar-refractivity contribution in [2.24, 2.45) is 0 Å². The molecule has 13 rings (SSSR count). The van der Waals surface area contributed by atoms with Crippen molar-refractivity contribution in [3.05, 3.63) is 168 Å². The first-order valence-corrected chi connectivity index (χ1v) is 20.1. The minimum atomic E-state index is -0.221. The lowest BCUT2D eigenvalue weighted by molar-refractivity contribution is 0.666. The number of rotatable bonds is 3. The molecule has 0 spiro atoms. The second kappa shape index (κ2) is 10.3. The van der Waals surface area contributed by atoms with Gasteiger partial charge in [0.25, 0.3) is 6.71 Å². The van der Waals surface area contributed by atoms with Crippen LogP contribution in [0.25, 0.3) is 64.7 Å². The quantitative estimate of drug-likeness (QED) is 0.166. The summed E-state index contributed by atoms with van der Waals surface area (Å²) in [5.41, 5.74) is 20.9. The van der Waals surface area contributed by atoms with Crippen LogP contribution in [0.2, 0.25) is 0 Å². The lowest BCUT2D eigenvalue weighted by Crippen LogP contribution is -2.59. The third-order valence-corrected chi connectivity index (χ3v) is 14.1. The highest BCUT2D eigenvalue weighted by atomic mass is 32.1. The molecule has 7 aromatic carbocycles. The van der Waals surface area contributed by atoms with Crippen molar-refractivity contribution in [2.75, 3.05) is 4.90 Å². The first kappa shape index (κ1) is 30.1. The molecule has 55 heavy (non-hydrogen) atoms. The number of aryl methyl sites for hydroxylation is 1. The average molecular weight is 720 g/mol. The summed E-state index contributed by atoms with van der Waals surface area (Å²) in [5, 5.41) is 4.03. The van der Waals surface area contributed by atoms with Crippen LogP contribution in [0.1, 0.15) is 30.5 Å². The highest BCUT2D eigenvalue weighted by Gasteiger charge is 2.47. The smallest absolute Gasteiger partial charge is 0.252 e. The summed E-state index contributed by atoms with van der Waals surface area (Å²) < 4.78 is 8.04. The van der Waals surface area contributed by atoms with Crippen molar-refractivity contribution in [3.63, 3.8) is 0 Å². The molecule has 3 aliphatic rings. The van der Waals surface area contributed by atoms with Gasteiger partial charge in [-0.05, 0) is 88.5 Å². The van der Waals surface area contributed by atoms with E-state index in [1.807, 2.05) is 11.3 Å². The van der Waals surface area contributed by atoms with E-state index in [1.165, 1.54) is 104 Å². The second-order valence-corrected chi connectivity index (χ2v) is 17.2. The van der Waals surface area contributed by atoms with Crippen LogP contribution in [-0.4, -0.2) is 15.8 Å². The van der Waals surface area contributed by atoms with Gasteiger partial charge in [-0.2, -0.15) is 0 Å². The minimum Gasteiger partial charge on any atom is -0.310 e. The largest absolute Gasteiger partial charge is 0.310 e. The fourth-order valence-corrected chi connectivity index (χ4v) is 12.0. The Balaban J connectivity index is 1.23. The lowest BCUT2D eigenvalue weighted by Gasteiger charge is -2.35. The lowest BCUT2D eigenvalue weighted by atomic mass is 9.34. The number of hydrogen-bond donors (Lipinski definition) is 0. The van der Waals surface area contributed by atoms with Gasteiger partial charge in [-0.3, -0.25) is 0 Å². The molecule has 3 aromatic heterocycles. The topological polar surface area (TPSA) is 13.1 Å². The van der Waals surface area contributed by atoms with Crippen LogP contribution < -0.4 is 21.3 Å². The molecule has 5 heterocycles. The van der Waals surface area contributed by atoms with Crippen molar-refractivity contribution >= 4 is 93.6 Å². The van der Waals surface area contributed by atoms with Crippen LogP contribution in [0.4, 0.5) is 17.1 Å². The van der Waals surface area contributed by atoms with Gasteiger partial charge in [-0.15, -0.1) is 11.3 Å². The summed E-state index contributed by atoms with van der Waals surface area (Å²) in [4.78, 5) is 2.48. The number of anilines is 3. The van der Waals surface area contributed by atoms with Gasteiger partial charge in [0.1, 0.15) is 0 Å². The van der Waals surface area contributed by atoms with E-state index in [0.29, 0.717) is 0 Å². The minimum absolute atomic E-state index is 0.0939. The molecule has 2 aliphatic heterocycles. The fourth-order valence-electron chi connectivity index (χ4n) is 10.8. The molecule has 0 N–H and O–H groups in total. The summed E-state index contributed by atoms with van der Waals surface area (Å²) in [6, 6.07) is 56.8. The summed E-state index contributed by atoms with van der Waals surface area (Å²) in [5.74, 6) is 0. The Morgan fingerprint density at radius 3 is 2.04 bits per heavy atom. The normalized spacial score (nSPS) is 14.2.